The van der Waals surface area contributed by atoms with Crippen molar-refractivity contribution in [3.05, 3.63) is 35.4 Å². The number of aliphatic hydroxyl groups is 1. The van der Waals surface area contributed by atoms with Crippen molar-refractivity contribution in [1.29, 1.82) is 0 Å². The minimum atomic E-state index is -0.390. The van der Waals surface area contributed by atoms with Gasteiger partial charge in [-0.3, -0.25) is 0 Å². The van der Waals surface area contributed by atoms with Crippen LogP contribution in [-0.2, 0) is 6.42 Å². The minimum absolute atomic E-state index is 0.390. The van der Waals surface area contributed by atoms with Gasteiger partial charge in [-0.1, -0.05) is 42.7 Å². The predicted molar refractivity (Wildman–Crippen MR) is 78.2 cm³/mol. The van der Waals surface area contributed by atoms with Crippen LogP contribution in [0.4, 0.5) is 0 Å². The normalized spacial score (nSPS) is 34.8. The number of benzene rings is 1. The van der Waals surface area contributed by atoms with Gasteiger partial charge in [-0.2, -0.15) is 0 Å². The van der Waals surface area contributed by atoms with Crippen molar-refractivity contribution in [3.8, 4) is 0 Å². The molecule has 1 heterocycles. The molecule has 1 saturated carbocycles. The second kappa shape index (κ2) is 5.26. The highest BCUT2D eigenvalue weighted by atomic mass is 16.3. The minimum Gasteiger partial charge on any atom is -0.389 e. The van der Waals surface area contributed by atoms with Crippen molar-refractivity contribution in [2.75, 3.05) is 6.54 Å². The molecule has 2 nitrogen and oxygen atoms in total. The van der Waals surface area contributed by atoms with E-state index in [1.54, 1.807) is 0 Å². The molecule has 3 rings (SSSR count). The lowest BCUT2D eigenvalue weighted by Crippen LogP contribution is -2.58. The van der Waals surface area contributed by atoms with Gasteiger partial charge >= 0.3 is 0 Å². The van der Waals surface area contributed by atoms with Crippen LogP contribution in [0.1, 0.15) is 43.2 Å². The second-order valence-corrected chi connectivity index (χ2v) is 6.46. The third-order valence-electron chi connectivity index (χ3n) is 5.09. The molecule has 19 heavy (non-hydrogen) atoms. The molecule has 3 unspecified atom stereocenters. The topological polar surface area (TPSA) is 32.3 Å². The Balaban J connectivity index is 1.74. The molecule has 2 fully saturated rings. The number of rotatable bonds is 2. The van der Waals surface area contributed by atoms with Crippen molar-refractivity contribution < 1.29 is 5.11 Å². The first kappa shape index (κ1) is 13.1. The average Bonchev–Trinajstić information content (AvgIpc) is 2.41. The Labute approximate surface area is 116 Å². The van der Waals surface area contributed by atoms with E-state index in [-0.39, 0.29) is 0 Å². The van der Waals surface area contributed by atoms with E-state index in [1.165, 1.54) is 30.4 Å². The molecular weight excluding hydrogens is 234 g/mol. The zero-order valence-corrected chi connectivity index (χ0v) is 11.9. The third-order valence-corrected chi connectivity index (χ3v) is 5.09. The summed E-state index contributed by atoms with van der Waals surface area (Å²) < 4.78 is 0. The van der Waals surface area contributed by atoms with Gasteiger partial charge in [-0.15, -0.1) is 0 Å². The zero-order valence-electron chi connectivity index (χ0n) is 11.9. The number of hydrogen-bond donors (Lipinski definition) is 2. The number of fused-ring (bicyclic) bond motifs is 1. The third kappa shape index (κ3) is 2.70. The predicted octanol–water partition coefficient (Wildman–Crippen LogP) is 2.82. The summed E-state index contributed by atoms with van der Waals surface area (Å²) in [4.78, 5) is 0. The average molecular weight is 259 g/mol. The Morgan fingerprint density at radius 2 is 2.00 bits per heavy atom. The Hall–Kier alpha value is -0.860. The molecular formula is C17H25NO. The van der Waals surface area contributed by atoms with Crippen LogP contribution in [0.2, 0.25) is 0 Å². The van der Waals surface area contributed by atoms with Gasteiger partial charge in [-0.05, 0) is 44.7 Å². The van der Waals surface area contributed by atoms with Gasteiger partial charge in [0.2, 0.25) is 0 Å². The standard InChI is InChI=1S/C17H25NO/c1-13-5-7-14(8-6-13)12-16-15-4-2-3-9-17(15,19)10-11-18-16/h5-8,15-16,18-19H,2-4,9-12H2,1H3. The summed E-state index contributed by atoms with van der Waals surface area (Å²) in [5.41, 5.74) is 2.31. The first-order chi connectivity index (χ1) is 9.17. The molecule has 1 aromatic carbocycles. The highest BCUT2D eigenvalue weighted by Crippen LogP contribution is 2.41. The molecule has 1 saturated heterocycles. The van der Waals surface area contributed by atoms with Crippen molar-refractivity contribution in [2.45, 2.75) is 57.1 Å². The van der Waals surface area contributed by atoms with E-state index < -0.39 is 5.60 Å². The first-order valence-electron chi connectivity index (χ1n) is 7.69. The van der Waals surface area contributed by atoms with Crippen LogP contribution >= 0.6 is 0 Å². The van der Waals surface area contributed by atoms with Gasteiger partial charge in [0.25, 0.3) is 0 Å². The van der Waals surface area contributed by atoms with E-state index in [2.05, 4.69) is 36.5 Å². The molecule has 0 amide bonds. The van der Waals surface area contributed by atoms with Gasteiger partial charge in [0.1, 0.15) is 0 Å². The fraction of sp³-hybridized carbons (Fsp3) is 0.647. The van der Waals surface area contributed by atoms with Crippen LogP contribution in [0, 0.1) is 12.8 Å². The molecule has 1 aliphatic carbocycles. The van der Waals surface area contributed by atoms with Crippen molar-refractivity contribution in [1.82, 2.24) is 5.32 Å². The Morgan fingerprint density at radius 3 is 2.79 bits per heavy atom. The maximum Gasteiger partial charge on any atom is 0.0702 e. The van der Waals surface area contributed by atoms with E-state index in [0.717, 1.165) is 25.8 Å². The molecule has 2 heteroatoms. The lowest BCUT2D eigenvalue weighted by atomic mass is 9.67. The molecule has 2 N–H and O–H groups in total. The van der Waals surface area contributed by atoms with E-state index in [0.29, 0.717) is 12.0 Å². The smallest absolute Gasteiger partial charge is 0.0702 e. The molecule has 0 bridgehead atoms. The van der Waals surface area contributed by atoms with E-state index >= 15 is 0 Å². The molecule has 0 radical (unpaired) electrons. The summed E-state index contributed by atoms with van der Waals surface area (Å²) in [6.45, 7) is 3.09. The number of piperidine rings is 1. The van der Waals surface area contributed by atoms with E-state index in [1.807, 2.05) is 0 Å². The van der Waals surface area contributed by atoms with Crippen LogP contribution in [0.3, 0.4) is 0 Å². The Morgan fingerprint density at radius 1 is 1.21 bits per heavy atom. The fourth-order valence-corrected chi connectivity index (χ4v) is 3.94. The van der Waals surface area contributed by atoms with Crippen LogP contribution in [-0.4, -0.2) is 23.3 Å². The maximum atomic E-state index is 10.8. The van der Waals surface area contributed by atoms with Crippen molar-refractivity contribution in [3.63, 3.8) is 0 Å². The van der Waals surface area contributed by atoms with Gasteiger partial charge in [0.05, 0.1) is 5.60 Å². The summed E-state index contributed by atoms with van der Waals surface area (Å²) in [6.07, 6.45) is 6.64. The number of hydrogen-bond acceptors (Lipinski definition) is 2. The molecule has 104 valence electrons. The van der Waals surface area contributed by atoms with E-state index in [4.69, 9.17) is 0 Å². The monoisotopic (exact) mass is 259 g/mol. The quantitative estimate of drug-likeness (QED) is 0.856. The maximum absolute atomic E-state index is 10.8. The SMILES string of the molecule is Cc1ccc(CC2NCCC3(O)CCCCC23)cc1. The highest BCUT2D eigenvalue weighted by Gasteiger charge is 2.45. The Kier molecular flexibility index (Phi) is 3.64. The van der Waals surface area contributed by atoms with Gasteiger partial charge in [0.15, 0.2) is 0 Å². The summed E-state index contributed by atoms with van der Waals surface area (Å²) >= 11 is 0. The lowest BCUT2D eigenvalue weighted by Gasteiger charge is -2.48. The first-order valence-corrected chi connectivity index (χ1v) is 7.69. The largest absolute Gasteiger partial charge is 0.389 e. The van der Waals surface area contributed by atoms with Crippen LogP contribution in [0.25, 0.3) is 0 Å². The lowest BCUT2D eigenvalue weighted by molar-refractivity contribution is -0.0850. The van der Waals surface area contributed by atoms with Crippen molar-refractivity contribution in [2.24, 2.45) is 5.92 Å². The molecule has 1 aliphatic heterocycles. The molecule has 2 aliphatic rings. The fourth-order valence-electron chi connectivity index (χ4n) is 3.94. The van der Waals surface area contributed by atoms with Gasteiger partial charge in [0, 0.05) is 12.0 Å². The van der Waals surface area contributed by atoms with Gasteiger partial charge < -0.3 is 10.4 Å². The zero-order chi connectivity index (χ0) is 13.3. The van der Waals surface area contributed by atoms with Crippen LogP contribution < -0.4 is 5.32 Å². The van der Waals surface area contributed by atoms with Crippen molar-refractivity contribution >= 4 is 0 Å². The second-order valence-electron chi connectivity index (χ2n) is 6.46. The van der Waals surface area contributed by atoms with E-state index in [9.17, 15) is 5.11 Å². The van der Waals surface area contributed by atoms with Crippen LogP contribution in [0.15, 0.2) is 24.3 Å². The number of aryl methyl sites for hydroxylation is 1. The summed E-state index contributed by atoms with van der Waals surface area (Å²) in [6, 6.07) is 9.28. The number of nitrogens with one attached hydrogen (secondary N) is 1. The molecule has 1 aromatic rings. The summed E-state index contributed by atoms with van der Waals surface area (Å²) in [5.74, 6) is 0.441. The van der Waals surface area contributed by atoms with Gasteiger partial charge in [-0.25, -0.2) is 0 Å². The molecule has 0 aromatic heterocycles. The summed E-state index contributed by atoms with van der Waals surface area (Å²) in [7, 11) is 0. The summed E-state index contributed by atoms with van der Waals surface area (Å²) in [5, 5.41) is 14.5. The highest BCUT2D eigenvalue weighted by molar-refractivity contribution is 5.22. The van der Waals surface area contributed by atoms with Crippen LogP contribution in [0.5, 0.6) is 0 Å². The molecule has 3 atom stereocenters. The Bertz CT molecular complexity index is 423. The molecule has 0 spiro atoms.